The van der Waals surface area contributed by atoms with Gasteiger partial charge in [0.05, 0.1) is 0 Å². The molecule has 2 aromatic carbocycles. The van der Waals surface area contributed by atoms with Crippen LogP contribution in [-0.2, 0) is 17.8 Å². The van der Waals surface area contributed by atoms with Crippen LogP contribution in [0.3, 0.4) is 0 Å². The third kappa shape index (κ3) is 4.48. The lowest BCUT2D eigenvalue weighted by Crippen LogP contribution is -2.32. The Kier molecular flexibility index (Phi) is 5.20. The van der Waals surface area contributed by atoms with Gasteiger partial charge in [-0.25, -0.2) is 0 Å². The molecule has 0 aliphatic carbocycles. The fraction of sp³-hybridized carbons (Fsp3) is 0.188. The Bertz CT molecular complexity index is 630. The third-order valence-electron chi connectivity index (χ3n) is 3.01. The van der Waals surface area contributed by atoms with Crippen molar-refractivity contribution in [2.75, 3.05) is 0 Å². The van der Waals surface area contributed by atoms with Gasteiger partial charge in [-0.1, -0.05) is 41.9 Å². The Balaban J connectivity index is 2.08. The first-order chi connectivity index (χ1) is 10.1. The number of rotatable bonds is 6. The van der Waals surface area contributed by atoms with Gasteiger partial charge in [-0.2, -0.15) is 0 Å². The van der Waals surface area contributed by atoms with Crippen LogP contribution in [0.4, 0.5) is 0 Å². The second-order valence-corrected chi connectivity index (χ2v) is 5.11. The summed E-state index contributed by atoms with van der Waals surface area (Å²) in [4.78, 5) is 10.9. The van der Waals surface area contributed by atoms with Crippen molar-refractivity contribution >= 4 is 17.6 Å². The van der Waals surface area contributed by atoms with Gasteiger partial charge in [0, 0.05) is 11.4 Å². The van der Waals surface area contributed by atoms with E-state index in [1.165, 1.54) is 0 Å². The molecule has 1 atom stereocenters. The molecule has 0 saturated heterocycles. The van der Waals surface area contributed by atoms with Gasteiger partial charge in [0.1, 0.15) is 18.4 Å². The summed E-state index contributed by atoms with van der Waals surface area (Å²) in [5.74, 6) is -0.395. The molecule has 0 aliphatic rings. The number of aliphatic carboxylic acids is 1. The van der Waals surface area contributed by atoms with E-state index in [4.69, 9.17) is 27.2 Å². The predicted octanol–water partition coefficient (Wildman–Crippen LogP) is 2.87. The minimum Gasteiger partial charge on any atom is -0.489 e. The summed E-state index contributed by atoms with van der Waals surface area (Å²) in [6.45, 7) is 0.361. The minimum atomic E-state index is -1.03. The molecule has 0 amide bonds. The van der Waals surface area contributed by atoms with Gasteiger partial charge in [-0.3, -0.25) is 4.79 Å². The molecule has 0 radical (unpaired) electrons. The second kappa shape index (κ2) is 7.11. The van der Waals surface area contributed by atoms with E-state index in [0.717, 1.165) is 11.1 Å². The highest BCUT2D eigenvalue weighted by atomic mass is 35.5. The number of carbonyl (C=O) groups is 1. The molecular formula is C16H16ClNO3. The number of para-hydroxylation sites is 1. The highest BCUT2D eigenvalue weighted by molar-refractivity contribution is 6.30. The fourth-order valence-electron chi connectivity index (χ4n) is 1.93. The summed E-state index contributed by atoms with van der Waals surface area (Å²) >= 11 is 5.92. The van der Waals surface area contributed by atoms with Crippen molar-refractivity contribution in [2.24, 2.45) is 5.73 Å². The molecule has 21 heavy (non-hydrogen) atoms. The van der Waals surface area contributed by atoms with E-state index >= 15 is 0 Å². The molecule has 0 heterocycles. The first kappa shape index (κ1) is 15.4. The van der Waals surface area contributed by atoms with E-state index in [9.17, 15) is 4.79 Å². The highest BCUT2D eigenvalue weighted by Crippen LogP contribution is 2.21. The lowest BCUT2D eigenvalue weighted by molar-refractivity contribution is -0.138. The van der Waals surface area contributed by atoms with E-state index < -0.39 is 12.0 Å². The summed E-state index contributed by atoms with van der Waals surface area (Å²) in [5.41, 5.74) is 7.29. The van der Waals surface area contributed by atoms with E-state index in [1.54, 1.807) is 12.1 Å². The SMILES string of the molecule is NC(Cc1ccccc1OCc1cccc(Cl)c1)C(=O)O. The molecule has 2 rings (SSSR count). The Labute approximate surface area is 128 Å². The van der Waals surface area contributed by atoms with Crippen LogP contribution in [0.2, 0.25) is 5.02 Å². The van der Waals surface area contributed by atoms with Crippen LogP contribution in [0, 0.1) is 0 Å². The first-order valence-corrected chi connectivity index (χ1v) is 6.87. The highest BCUT2D eigenvalue weighted by Gasteiger charge is 2.14. The molecule has 3 N–H and O–H groups in total. The topological polar surface area (TPSA) is 72.5 Å². The number of nitrogens with two attached hydrogens (primary N) is 1. The number of carboxylic acid groups (broad SMARTS) is 1. The van der Waals surface area contributed by atoms with Crippen molar-refractivity contribution in [3.05, 3.63) is 64.7 Å². The van der Waals surface area contributed by atoms with Crippen molar-refractivity contribution in [3.8, 4) is 5.75 Å². The normalized spacial score (nSPS) is 11.9. The van der Waals surface area contributed by atoms with Gasteiger partial charge in [0.15, 0.2) is 0 Å². The molecule has 0 bridgehead atoms. The van der Waals surface area contributed by atoms with Gasteiger partial charge >= 0.3 is 5.97 Å². The minimum absolute atomic E-state index is 0.223. The molecule has 4 nitrogen and oxygen atoms in total. The molecule has 0 saturated carbocycles. The van der Waals surface area contributed by atoms with E-state index in [0.29, 0.717) is 17.4 Å². The molecule has 0 aromatic heterocycles. The lowest BCUT2D eigenvalue weighted by Gasteiger charge is -2.13. The quantitative estimate of drug-likeness (QED) is 0.860. The summed E-state index contributed by atoms with van der Waals surface area (Å²) in [6.07, 6.45) is 0.223. The van der Waals surface area contributed by atoms with Crippen molar-refractivity contribution in [1.29, 1.82) is 0 Å². The first-order valence-electron chi connectivity index (χ1n) is 6.50. The molecule has 0 aliphatic heterocycles. The number of ether oxygens (including phenoxy) is 1. The van der Waals surface area contributed by atoms with Gasteiger partial charge < -0.3 is 15.6 Å². The van der Waals surface area contributed by atoms with Crippen LogP contribution in [-0.4, -0.2) is 17.1 Å². The van der Waals surface area contributed by atoms with Crippen LogP contribution in [0.15, 0.2) is 48.5 Å². The van der Waals surface area contributed by atoms with Crippen LogP contribution < -0.4 is 10.5 Å². The average Bonchev–Trinajstić information content (AvgIpc) is 2.46. The van der Waals surface area contributed by atoms with Crippen molar-refractivity contribution < 1.29 is 14.6 Å². The number of carboxylic acids is 1. The number of hydrogen-bond donors (Lipinski definition) is 2. The average molecular weight is 306 g/mol. The third-order valence-corrected chi connectivity index (χ3v) is 3.25. The van der Waals surface area contributed by atoms with E-state index in [1.807, 2.05) is 36.4 Å². The maximum Gasteiger partial charge on any atom is 0.320 e. The van der Waals surface area contributed by atoms with Crippen LogP contribution in [0.25, 0.3) is 0 Å². The molecule has 1 unspecified atom stereocenters. The predicted molar refractivity (Wildman–Crippen MR) is 81.5 cm³/mol. The summed E-state index contributed by atoms with van der Waals surface area (Å²) in [5, 5.41) is 9.54. The van der Waals surface area contributed by atoms with Crippen molar-refractivity contribution in [2.45, 2.75) is 19.1 Å². The van der Waals surface area contributed by atoms with Crippen LogP contribution in [0.5, 0.6) is 5.75 Å². The molecule has 5 heteroatoms. The Morgan fingerprint density at radius 3 is 2.71 bits per heavy atom. The Hall–Kier alpha value is -2.04. The van der Waals surface area contributed by atoms with Gasteiger partial charge in [-0.15, -0.1) is 0 Å². The number of benzene rings is 2. The van der Waals surface area contributed by atoms with Gasteiger partial charge in [0.2, 0.25) is 0 Å². The fourth-order valence-corrected chi connectivity index (χ4v) is 2.14. The van der Waals surface area contributed by atoms with E-state index in [-0.39, 0.29) is 6.42 Å². The molecule has 0 spiro atoms. The van der Waals surface area contributed by atoms with Gasteiger partial charge in [-0.05, 0) is 29.3 Å². The van der Waals surface area contributed by atoms with Crippen molar-refractivity contribution in [1.82, 2.24) is 0 Å². The summed E-state index contributed by atoms with van der Waals surface area (Å²) < 4.78 is 5.75. The Morgan fingerprint density at radius 2 is 2.00 bits per heavy atom. The van der Waals surface area contributed by atoms with E-state index in [2.05, 4.69) is 0 Å². The largest absolute Gasteiger partial charge is 0.489 e. The summed E-state index contributed by atoms with van der Waals surface area (Å²) in [7, 11) is 0. The van der Waals surface area contributed by atoms with Gasteiger partial charge in [0.25, 0.3) is 0 Å². The zero-order valence-corrected chi connectivity index (χ0v) is 12.1. The zero-order chi connectivity index (χ0) is 15.2. The maximum atomic E-state index is 10.9. The standard InChI is InChI=1S/C16H16ClNO3/c17-13-6-3-4-11(8-13)10-21-15-7-2-1-5-12(15)9-14(18)16(19)20/h1-8,14H,9-10,18H2,(H,19,20). The van der Waals surface area contributed by atoms with Crippen LogP contribution >= 0.6 is 11.6 Å². The number of hydrogen-bond acceptors (Lipinski definition) is 3. The molecule has 0 fully saturated rings. The molecule has 110 valence electrons. The van der Waals surface area contributed by atoms with Crippen LogP contribution in [0.1, 0.15) is 11.1 Å². The summed E-state index contributed by atoms with van der Waals surface area (Å²) in [6, 6.07) is 13.7. The Morgan fingerprint density at radius 1 is 1.24 bits per heavy atom. The molecule has 2 aromatic rings. The smallest absolute Gasteiger partial charge is 0.320 e. The second-order valence-electron chi connectivity index (χ2n) is 4.68. The van der Waals surface area contributed by atoms with Crippen molar-refractivity contribution in [3.63, 3.8) is 0 Å². The number of halogens is 1. The zero-order valence-electron chi connectivity index (χ0n) is 11.3. The lowest BCUT2D eigenvalue weighted by atomic mass is 10.1. The maximum absolute atomic E-state index is 10.9. The monoisotopic (exact) mass is 305 g/mol. The molecular weight excluding hydrogens is 290 g/mol.